The molecule has 4 heteroatoms. The van der Waals surface area contributed by atoms with Crippen molar-refractivity contribution < 1.29 is 9.90 Å². The fourth-order valence-electron chi connectivity index (χ4n) is 0.932. The van der Waals surface area contributed by atoms with E-state index in [4.69, 9.17) is 0 Å². The van der Waals surface area contributed by atoms with Crippen molar-refractivity contribution in [1.29, 1.82) is 0 Å². The van der Waals surface area contributed by atoms with Gasteiger partial charge in [-0.15, -0.1) is 5.76 Å². The summed E-state index contributed by atoms with van der Waals surface area (Å²) in [6, 6.07) is 8.83. The highest BCUT2D eigenvalue weighted by molar-refractivity contribution is 5.82. The van der Waals surface area contributed by atoms with Crippen molar-refractivity contribution in [2.24, 2.45) is 5.10 Å². The van der Waals surface area contributed by atoms with Gasteiger partial charge in [-0.1, -0.05) is 30.3 Å². The number of hydrazone groups is 1. The number of benzene rings is 1. The molecule has 15 heavy (non-hydrogen) atoms. The molecule has 0 spiro atoms. The summed E-state index contributed by atoms with van der Waals surface area (Å²) in [7, 11) is 0. The molecule has 1 aromatic rings. The Morgan fingerprint density at radius 1 is 1.40 bits per heavy atom. The lowest BCUT2D eigenvalue weighted by Gasteiger charge is -2.09. The van der Waals surface area contributed by atoms with E-state index in [0.717, 1.165) is 0 Å². The molecule has 0 saturated carbocycles. The molecule has 0 radical (unpaired) electrons. The smallest absolute Gasteiger partial charge is 0.236 e. The summed E-state index contributed by atoms with van der Waals surface area (Å²) >= 11 is 0. The maximum atomic E-state index is 11.4. The lowest BCUT2D eigenvalue weighted by Crippen LogP contribution is -2.12. The zero-order chi connectivity index (χ0) is 11.1. The van der Waals surface area contributed by atoms with Gasteiger partial charge >= 0.3 is 0 Å². The van der Waals surface area contributed by atoms with Crippen molar-refractivity contribution in [2.75, 3.05) is 0 Å². The predicted molar refractivity (Wildman–Crippen MR) is 56.7 cm³/mol. The minimum absolute atomic E-state index is 0.148. The summed E-state index contributed by atoms with van der Waals surface area (Å²) in [6.45, 7) is 1.34. The topological polar surface area (TPSA) is 64.5 Å². The second-order valence-electron chi connectivity index (χ2n) is 2.84. The molecular formula is C11H11N2O2-. The minimum atomic E-state index is -0.271. The van der Waals surface area contributed by atoms with Crippen LogP contribution in [0.5, 0.6) is 0 Å². The van der Waals surface area contributed by atoms with E-state index >= 15 is 0 Å². The zero-order valence-corrected chi connectivity index (χ0v) is 8.31. The first-order chi connectivity index (χ1) is 7.20. The molecule has 0 atom stereocenters. The van der Waals surface area contributed by atoms with Crippen LogP contribution in [0.3, 0.4) is 0 Å². The van der Waals surface area contributed by atoms with Gasteiger partial charge in [0.1, 0.15) is 0 Å². The lowest BCUT2D eigenvalue weighted by molar-refractivity contribution is -0.243. The van der Waals surface area contributed by atoms with Crippen LogP contribution in [-0.4, -0.2) is 12.1 Å². The van der Waals surface area contributed by atoms with Crippen LogP contribution < -0.4 is 10.5 Å². The maximum Gasteiger partial charge on any atom is 0.236 e. The van der Waals surface area contributed by atoms with Gasteiger partial charge in [-0.05, 0) is 11.6 Å². The van der Waals surface area contributed by atoms with E-state index in [2.05, 4.69) is 10.5 Å². The number of rotatable bonds is 3. The Kier molecular flexibility index (Phi) is 4.09. The summed E-state index contributed by atoms with van der Waals surface area (Å²) in [5.74, 6) is -0.420. The lowest BCUT2D eigenvalue weighted by atomic mass is 10.2. The molecule has 1 aromatic carbocycles. The third-order valence-electron chi connectivity index (χ3n) is 1.58. The van der Waals surface area contributed by atoms with Gasteiger partial charge in [-0.2, -0.15) is 5.10 Å². The highest BCUT2D eigenvalue weighted by Crippen LogP contribution is 2.05. The van der Waals surface area contributed by atoms with Gasteiger partial charge in [0, 0.05) is 13.1 Å². The van der Waals surface area contributed by atoms with Crippen LogP contribution in [0.2, 0.25) is 0 Å². The van der Waals surface area contributed by atoms with E-state index in [1.807, 2.05) is 6.07 Å². The number of hydrogen-bond donors (Lipinski definition) is 1. The van der Waals surface area contributed by atoms with Gasteiger partial charge in [-0.25, -0.2) is 5.43 Å². The first kappa shape index (κ1) is 11.0. The SMILES string of the molecule is CC(=O)NN=CC=C([O-])c1ccccc1. The Morgan fingerprint density at radius 3 is 2.67 bits per heavy atom. The van der Waals surface area contributed by atoms with Gasteiger partial charge in [0.05, 0.1) is 0 Å². The predicted octanol–water partition coefficient (Wildman–Crippen LogP) is 0.510. The Bertz CT molecular complexity index is 383. The fourth-order valence-corrected chi connectivity index (χ4v) is 0.932. The molecule has 1 amide bonds. The Balaban J connectivity index is 2.61. The van der Waals surface area contributed by atoms with Crippen LogP contribution in [0.25, 0.3) is 5.76 Å². The van der Waals surface area contributed by atoms with Gasteiger partial charge < -0.3 is 5.11 Å². The molecule has 0 aliphatic carbocycles. The van der Waals surface area contributed by atoms with Crippen molar-refractivity contribution in [1.82, 2.24) is 5.43 Å². The summed E-state index contributed by atoms with van der Waals surface area (Å²) in [4.78, 5) is 10.4. The Labute approximate surface area is 87.9 Å². The van der Waals surface area contributed by atoms with Crippen LogP contribution in [0.1, 0.15) is 12.5 Å². The van der Waals surface area contributed by atoms with Crippen molar-refractivity contribution in [3.05, 3.63) is 42.0 Å². The molecule has 1 rings (SSSR count). The third-order valence-corrected chi connectivity index (χ3v) is 1.58. The van der Waals surface area contributed by atoms with Crippen molar-refractivity contribution in [3.63, 3.8) is 0 Å². The number of nitrogens with zero attached hydrogens (tertiary/aromatic N) is 1. The highest BCUT2D eigenvalue weighted by atomic mass is 16.3. The minimum Gasteiger partial charge on any atom is -0.872 e. The van der Waals surface area contributed by atoms with E-state index in [0.29, 0.717) is 5.56 Å². The number of hydrogen-bond acceptors (Lipinski definition) is 3. The largest absolute Gasteiger partial charge is 0.872 e. The quantitative estimate of drug-likeness (QED) is 0.442. The molecule has 0 bridgehead atoms. The molecule has 1 N–H and O–H groups in total. The second kappa shape index (κ2) is 5.59. The fraction of sp³-hybridized carbons (Fsp3) is 0.0909. The molecule has 0 aromatic heterocycles. The molecular weight excluding hydrogens is 192 g/mol. The first-order valence-electron chi connectivity index (χ1n) is 4.42. The third kappa shape index (κ3) is 4.08. The van der Waals surface area contributed by atoms with E-state index in [9.17, 15) is 9.90 Å². The number of nitrogens with one attached hydrogen (secondary N) is 1. The highest BCUT2D eigenvalue weighted by Gasteiger charge is 1.86. The van der Waals surface area contributed by atoms with E-state index in [1.165, 1.54) is 19.2 Å². The summed E-state index contributed by atoms with van der Waals surface area (Å²) in [6.07, 6.45) is 2.56. The monoisotopic (exact) mass is 203 g/mol. The Hall–Kier alpha value is -2.10. The molecule has 4 nitrogen and oxygen atoms in total. The van der Waals surface area contributed by atoms with Gasteiger partial charge in [0.25, 0.3) is 0 Å². The number of allylic oxidation sites excluding steroid dienone is 1. The first-order valence-corrected chi connectivity index (χ1v) is 4.42. The standard InChI is InChI=1S/C11H12N2O2/c1-9(14)13-12-8-7-11(15)10-5-3-2-4-6-10/h2-8,15H,1H3,(H,13,14)/p-1. The Morgan fingerprint density at radius 2 is 2.07 bits per heavy atom. The average Bonchev–Trinajstić information content (AvgIpc) is 2.25. The molecule has 0 aliphatic heterocycles. The second-order valence-corrected chi connectivity index (χ2v) is 2.84. The molecule has 0 heterocycles. The number of amides is 1. The number of carbonyl (C=O) groups excluding carboxylic acids is 1. The van der Waals surface area contributed by atoms with Gasteiger partial charge in [-0.3, -0.25) is 4.79 Å². The molecule has 0 unspecified atom stereocenters. The van der Waals surface area contributed by atoms with Crippen molar-refractivity contribution in [3.8, 4) is 0 Å². The van der Waals surface area contributed by atoms with Crippen LogP contribution in [0, 0.1) is 0 Å². The van der Waals surface area contributed by atoms with Gasteiger partial charge in [0.15, 0.2) is 0 Å². The molecule has 0 fully saturated rings. The average molecular weight is 203 g/mol. The van der Waals surface area contributed by atoms with E-state index in [-0.39, 0.29) is 11.7 Å². The summed E-state index contributed by atoms with van der Waals surface area (Å²) in [5, 5.41) is 15.0. The molecule has 0 aliphatic rings. The van der Waals surface area contributed by atoms with Crippen molar-refractivity contribution in [2.45, 2.75) is 6.92 Å². The molecule has 78 valence electrons. The van der Waals surface area contributed by atoms with Gasteiger partial charge in [0.2, 0.25) is 5.91 Å². The molecule has 0 saturated heterocycles. The van der Waals surface area contributed by atoms with Crippen LogP contribution in [0.4, 0.5) is 0 Å². The van der Waals surface area contributed by atoms with E-state index in [1.54, 1.807) is 24.3 Å². The van der Waals surface area contributed by atoms with Crippen LogP contribution in [-0.2, 0) is 4.79 Å². The summed E-state index contributed by atoms with van der Waals surface area (Å²) < 4.78 is 0. The maximum absolute atomic E-state index is 11.4. The summed E-state index contributed by atoms with van der Waals surface area (Å²) in [5.41, 5.74) is 2.79. The zero-order valence-electron chi connectivity index (χ0n) is 8.31. The van der Waals surface area contributed by atoms with E-state index < -0.39 is 0 Å². The van der Waals surface area contributed by atoms with Crippen LogP contribution in [0.15, 0.2) is 41.5 Å². The van der Waals surface area contributed by atoms with Crippen molar-refractivity contribution >= 4 is 17.9 Å². The normalized spacial score (nSPS) is 11.7. The number of carbonyl (C=O) groups is 1. The van der Waals surface area contributed by atoms with Crippen LogP contribution >= 0.6 is 0 Å².